The summed E-state index contributed by atoms with van der Waals surface area (Å²) in [6, 6.07) is 0. The average Bonchev–Trinajstić information content (AvgIpc) is 2.13. The molecule has 2 aliphatic heterocycles. The number of rotatable bonds is 0. The molecule has 0 aromatic heterocycles. The summed E-state index contributed by atoms with van der Waals surface area (Å²) in [5, 5.41) is 0. The van der Waals surface area contributed by atoms with E-state index in [1.807, 2.05) is 0 Å². The standard InChI is InChI=1S/C12H20N2O/c1-9-7-13(5)12(4)10(2)8-14(6)11(9,3)15-12/h7-8H,1-6H3/t11-,12-/m0/s1. The predicted octanol–water partition coefficient (Wildman–Crippen LogP) is 2.13. The Balaban J connectivity index is 2.58. The number of fused-ring (bicyclic) bond motifs is 2. The molecule has 2 aliphatic rings. The van der Waals surface area contributed by atoms with Crippen LogP contribution in [-0.4, -0.2) is 35.3 Å². The van der Waals surface area contributed by atoms with Gasteiger partial charge in [-0.05, 0) is 38.8 Å². The van der Waals surface area contributed by atoms with Crippen molar-refractivity contribution in [3.05, 3.63) is 23.5 Å². The van der Waals surface area contributed by atoms with Gasteiger partial charge in [0, 0.05) is 26.5 Å². The van der Waals surface area contributed by atoms with Crippen molar-refractivity contribution >= 4 is 0 Å². The zero-order valence-electron chi connectivity index (χ0n) is 10.5. The first kappa shape index (κ1) is 10.6. The van der Waals surface area contributed by atoms with Gasteiger partial charge < -0.3 is 14.5 Å². The summed E-state index contributed by atoms with van der Waals surface area (Å²) in [6.45, 7) is 8.46. The zero-order chi connectivity index (χ0) is 11.4. The van der Waals surface area contributed by atoms with Gasteiger partial charge in [0.25, 0.3) is 0 Å². The van der Waals surface area contributed by atoms with Crippen LogP contribution in [0.25, 0.3) is 0 Å². The van der Waals surface area contributed by atoms with Gasteiger partial charge in [-0.25, -0.2) is 0 Å². The molecule has 84 valence electrons. The minimum absolute atomic E-state index is 0.305. The number of ether oxygens (including phenoxy) is 1. The van der Waals surface area contributed by atoms with Gasteiger partial charge in [0.1, 0.15) is 0 Å². The van der Waals surface area contributed by atoms with E-state index in [9.17, 15) is 0 Å². The fraction of sp³-hybridized carbons (Fsp3) is 0.667. The third-order valence-electron chi connectivity index (χ3n) is 3.98. The van der Waals surface area contributed by atoms with E-state index in [0.29, 0.717) is 0 Å². The lowest BCUT2D eigenvalue weighted by Gasteiger charge is -2.56. The number of likely N-dealkylation sites (N-methyl/N-ethyl adjacent to an activating group) is 2. The summed E-state index contributed by atoms with van der Waals surface area (Å²) < 4.78 is 6.26. The largest absolute Gasteiger partial charge is 0.350 e. The Morgan fingerprint density at radius 2 is 1.27 bits per heavy atom. The topological polar surface area (TPSA) is 15.7 Å². The van der Waals surface area contributed by atoms with Crippen molar-refractivity contribution in [2.24, 2.45) is 0 Å². The smallest absolute Gasteiger partial charge is 0.164 e. The van der Waals surface area contributed by atoms with Crippen LogP contribution in [0.4, 0.5) is 0 Å². The van der Waals surface area contributed by atoms with Gasteiger partial charge in [-0.3, -0.25) is 0 Å². The monoisotopic (exact) mass is 208 g/mol. The minimum Gasteiger partial charge on any atom is -0.350 e. The highest BCUT2D eigenvalue weighted by Crippen LogP contribution is 2.43. The van der Waals surface area contributed by atoms with Crippen LogP contribution in [0, 0.1) is 0 Å². The van der Waals surface area contributed by atoms with Crippen LogP contribution in [0.3, 0.4) is 0 Å². The first-order valence-electron chi connectivity index (χ1n) is 5.34. The zero-order valence-corrected chi connectivity index (χ0v) is 10.5. The maximum absolute atomic E-state index is 6.26. The van der Waals surface area contributed by atoms with E-state index in [2.05, 4.69) is 64.0 Å². The molecule has 0 N–H and O–H groups in total. The molecule has 15 heavy (non-hydrogen) atoms. The number of nitrogens with zero attached hydrogens (tertiary/aromatic N) is 2. The fourth-order valence-electron chi connectivity index (χ4n) is 2.32. The van der Waals surface area contributed by atoms with E-state index in [0.717, 1.165) is 0 Å². The molecule has 3 nitrogen and oxygen atoms in total. The molecule has 0 fully saturated rings. The molecule has 3 heteroatoms. The Hall–Kier alpha value is -0.960. The van der Waals surface area contributed by atoms with Gasteiger partial charge in [0.15, 0.2) is 11.4 Å². The van der Waals surface area contributed by atoms with Crippen molar-refractivity contribution in [3.63, 3.8) is 0 Å². The first-order valence-corrected chi connectivity index (χ1v) is 5.34. The van der Waals surface area contributed by atoms with Crippen molar-refractivity contribution in [2.45, 2.75) is 39.1 Å². The van der Waals surface area contributed by atoms with Crippen LogP contribution >= 0.6 is 0 Å². The van der Waals surface area contributed by atoms with Crippen LogP contribution in [0.2, 0.25) is 0 Å². The molecule has 0 radical (unpaired) electrons. The van der Waals surface area contributed by atoms with Crippen LogP contribution < -0.4 is 0 Å². The summed E-state index contributed by atoms with van der Waals surface area (Å²) >= 11 is 0. The van der Waals surface area contributed by atoms with Gasteiger partial charge in [0.2, 0.25) is 0 Å². The van der Waals surface area contributed by atoms with Gasteiger partial charge in [0.05, 0.1) is 0 Å². The van der Waals surface area contributed by atoms with Crippen molar-refractivity contribution in [1.82, 2.24) is 9.80 Å². The molecule has 0 saturated heterocycles. The maximum atomic E-state index is 6.26. The van der Waals surface area contributed by atoms with E-state index in [4.69, 9.17) is 4.74 Å². The Kier molecular flexibility index (Phi) is 1.96. The van der Waals surface area contributed by atoms with Crippen molar-refractivity contribution in [3.8, 4) is 0 Å². The Morgan fingerprint density at radius 1 is 0.933 bits per heavy atom. The molecule has 0 aromatic carbocycles. The summed E-state index contributed by atoms with van der Waals surface area (Å²) in [4.78, 5) is 4.28. The Bertz CT molecular complexity index is 327. The lowest BCUT2D eigenvalue weighted by atomic mass is 9.94. The molecule has 0 amide bonds. The van der Waals surface area contributed by atoms with Gasteiger partial charge >= 0.3 is 0 Å². The second-order valence-corrected chi connectivity index (χ2v) is 4.91. The number of hydrogen-bond acceptors (Lipinski definition) is 3. The van der Waals surface area contributed by atoms with E-state index in [1.54, 1.807) is 0 Å². The molecule has 2 atom stereocenters. The predicted molar refractivity (Wildman–Crippen MR) is 60.9 cm³/mol. The second-order valence-electron chi connectivity index (χ2n) is 4.91. The lowest BCUT2D eigenvalue weighted by molar-refractivity contribution is -0.230. The van der Waals surface area contributed by atoms with Gasteiger partial charge in [-0.1, -0.05) is 0 Å². The molecule has 0 unspecified atom stereocenters. The summed E-state index contributed by atoms with van der Waals surface area (Å²) in [5.41, 5.74) is 1.85. The normalized spacial score (nSPS) is 40.1. The van der Waals surface area contributed by atoms with Crippen LogP contribution in [0.5, 0.6) is 0 Å². The SMILES string of the molecule is CC1=CN(C)[C@@]2(C)O[C@]1(C)N(C)C=C2C. The van der Waals surface area contributed by atoms with Crippen molar-refractivity contribution < 1.29 is 4.74 Å². The first-order chi connectivity index (χ1) is 6.80. The van der Waals surface area contributed by atoms with Crippen LogP contribution in [-0.2, 0) is 4.74 Å². The molecule has 0 spiro atoms. The molecular formula is C12H20N2O. The third-order valence-corrected chi connectivity index (χ3v) is 3.98. The molecule has 2 bridgehead atoms. The van der Waals surface area contributed by atoms with Gasteiger partial charge in [-0.2, -0.15) is 0 Å². The highest BCUT2D eigenvalue weighted by molar-refractivity contribution is 5.28. The second kappa shape index (κ2) is 2.79. The van der Waals surface area contributed by atoms with Crippen molar-refractivity contribution in [2.75, 3.05) is 14.1 Å². The highest BCUT2D eigenvalue weighted by atomic mass is 16.6. The summed E-state index contributed by atoms with van der Waals surface area (Å²) in [5.74, 6) is 0. The third kappa shape index (κ3) is 1.16. The lowest BCUT2D eigenvalue weighted by Crippen LogP contribution is -2.62. The quantitative estimate of drug-likeness (QED) is 0.606. The molecule has 0 aromatic rings. The Morgan fingerprint density at radius 3 is 1.60 bits per heavy atom. The number of hydrogen-bond donors (Lipinski definition) is 0. The van der Waals surface area contributed by atoms with Crippen LogP contribution in [0.1, 0.15) is 27.7 Å². The van der Waals surface area contributed by atoms with E-state index < -0.39 is 0 Å². The Labute approximate surface area is 92.0 Å². The van der Waals surface area contributed by atoms with E-state index in [1.165, 1.54) is 11.1 Å². The maximum Gasteiger partial charge on any atom is 0.164 e. The van der Waals surface area contributed by atoms with Crippen LogP contribution in [0.15, 0.2) is 23.5 Å². The van der Waals surface area contributed by atoms with Gasteiger partial charge in [-0.15, -0.1) is 0 Å². The average molecular weight is 208 g/mol. The molecule has 2 rings (SSSR count). The molecule has 0 aliphatic carbocycles. The summed E-state index contributed by atoms with van der Waals surface area (Å²) in [6.07, 6.45) is 4.35. The fourth-order valence-corrected chi connectivity index (χ4v) is 2.32. The molecular weight excluding hydrogens is 188 g/mol. The summed E-state index contributed by atoms with van der Waals surface area (Å²) in [7, 11) is 4.12. The van der Waals surface area contributed by atoms with Crippen molar-refractivity contribution in [1.29, 1.82) is 0 Å². The van der Waals surface area contributed by atoms with E-state index in [-0.39, 0.29) is 11.4 Å². The highest BCUT2D eigenvalue weighted by Gasteiger charge is 2.49. The molecule has 0 saturated carbocycles. The minimum atomic E-state index is -0.305. The molecule has 2 heterocycles. The van der Waals surface area contributed by atoms with E-state index >= 15 is 0 Å².